The first-order chi connectivity index (χ1) is 13.8. The van der Waals surface area contributed by atoms with Gasteiger partial charge in [0, 0.05) is 38.6 Å². The van der Waals surface area contributed by atoms with Gasteiger partial charge in [-0.2, -0.15) is 0 Å². The van der Waals surface area contributed by atoms with Gasteiger partial charge in [0.2, 0.25) is 0 Å². The molecule has 5 nitrogen and oxygen atoms in total. The maximum atomic E-state index is 5.50. The standard InChI is InChI=1S/C23H31N3O2/c1-2-5-19(6-3-1)15-23(10-11-23)18-26-22(25-16-20-9-14-27-17-20)24-12-8-21-7-4-13-28-21/h1-7,13,20H,8-12,14-18H2,(H2,24,25,26). The van der Waals surface area contributed by atoms with E-state index >= 15 is 0 Å². The normalized spacial score (nSPS) is 20.9. The van der Waals surface area contributed by atoms with Gasteiger partial charge in [-0.15, -0.1) is 0 Å². The van der Waals surface area contributed by atoms with Crippen LogP contribution in [0.3, 0.4) is 0 Å². The van der Waals surface area contributed by atoms with Crippen LogP contribution in [0.5, 0.6) is 0 Å². The Morgan fingerprint density at radius 3 is 2.71 bits per heavy atom. The van der Waals surface area contributed by atoms with Crippen molar-refractivity contribution in [3.05, 3.63) is 60.1 Å². The molecule has 1 aromatic carbocycles. The van der Waals surface area contributed by atoms with Crippen molar-refractivity contribution in [1.82, 2.24) is 10.6 Å². The molecule has 0 spiro atoms. The summed E-state index contributed by atoms with van der Waals surface area (Å²) in [5.41, 5.74) is 1.76. The minimum absolute atomic E-state index is 0.341. The van der Waals surface area contributed by atoms with E-state index in [1.807, 2.05) is 12.1 Å². The van der Waals surface area contributed by atoms with Crippen molar-refractivity contribution in [3.8, 4) is 0 Å². The van der Waals surface area contributed by atoms with E-state index in [1.165, 1.54) is 18.4 Å². The highest BCUT2D eigenvalue weighted by molar-refractivity contribution is 5.79. The molecule has 2 heterocycles. The van der Waals surface area contributed by atoms with Gasteiger partial charge in [0.1, 0.15) is 5.76 Å². The molecule has 5 heteroatoms. The highest BCUT2D eigenvalue weighted by Crippen LogP contribution is 2.48. The number of rotatable bonds is 9. The SMILES string of the molecule is c1ccc(CC2(CN=C(NCCc3ccco3)NCC3CCOC3)CC2)cc1. The first-order valence-electron chi connectivity index (χ1n) is 10.5. The van der Waals surface area contributed by atoms with Crippen molar-refractivity contribution in [2.45, 2.75) is 32.1 Å². The van der Waals surface area contributed by atoms with E-state index in [2.05, 4.69) is 41.0 Å². The lowest BCUT2D eigenvalue weighted by Gasteiger charge is -2.17. The van der Waals surface area contributed by atoms with Gasteiger partial charge in [0.15, 0.2) is 5.96 Å². The summed E-state index contributed by atoms with van der Waals surface area (Å²) in [5, 5.41) is 7.02. The van der Waals surface area contributed by atoms with E-state index in [1.54, 1.807) is 6.26 Å². The molecule has 28 heavy (non-hydrogen) atoms. The molecule has 1 saturated carbocycles. The summed E-state index contributed by atoms with van der Waals surface area (Å²) in [6.45, 7) is 4.33. The van der Waals surface area contributed by atoms with Gasteiger partial charge in [-0.1, -0.05) is 30.3 Å². The van der Waals surface area contributed by atoms with Gasteiger partial charge in [-0.3, -0.25) is 4.99 Å². The van der Waals surface area contributed by atoms with Crippen LogP contribution in [0.1, 0.15) is 30.6 Å². The summed E-state index contributed by atoms with van der Waals surface area (Å²) in [7, 11) is 0. The van der Waals surface area contributed by atoms with Crippen molar-refractivity contribution in [2.75, 3.05) is 32.8 Å². The summed E-state index contributed by atoms with van der Waals surface area (Å²) >= 11 is 0. The molecule has 1 unspecified atom stereocenters. The Hall–Kier alpha value is -2.27. The molecule has 1 saturated heterocycles. The van der Waals surface area contributed by atoms with E-state index in [0.29, 0.717) is 11.3 Å². The van der Waals surface area contributed by atoms with Crippen LogP contribution in [-0.2, 0) is 17.6 Å². The number of benzene rings is 1. The molecular formula is C23H31N3O2. The van der Waals surface area contributed by atoms with Gasteiger partial charge in [0.25, 0.3) is 0 Å². The minimum Gasteiger partial charge on any atom is -0.469 e. The molecule has 0 radical (unpaired) electrons. The maximum Gasteiger partial charge on any atom is 0.191 e. The molecule has 150 valence electrons. The van der Waals surface area contributed by atoms with Gasteiger partial charge in [-0.05, 0) is 48.8 Å². The average molecular weight is 382 g/mol. The molecule has 0 bridgehead atoms. The number of hydrogen-bond acceptors (Lipinski definition) is 3. The topological polar surface area (TPSA) is 58.8 Å². The van der Waals surface area contributed by atoms with Crippen LogP contribution in [0.4, 0.5) is 0 Å². The quantitative estimate of drug-likeness (QED) is 0.516. The third-order valence-electron chi connectivity index (χ3n) is 5.78. The second-order valence-electron chi connectivity index (χ2n) is 8.19. The summed E-state index contributed by atoms with van der Waals surface area (Å²) < 4.78 is 10.9. The molecule has 0 amide bonds. The lowest BCUT2D eigenvalue weighted by Crippen LogP contribution is -2.41. The van der Waals surface area contributed by atoms with E-state index in [-0.39, 0.29) is 0 Å². The van der Waals surface area contributed by atoms with Crippen molar-refractivity contribution in [3.63, 3.8) is 0 Å². The second-order valence-corrected chi connectivity index (χ2v) is 8.19. The van der Waals surface area contributed by atoms with E-state index in [9.17, 15) is 0 Å². The van der Waals surface area contributed by atoms with Gasteiger partial charge in [0.05, 0.1) is 12.9 Å². The molecule has 2 fully saturated rings. The summed E-state index contributed by atoms with van der Waals surface area (Å²) in [6.07, 6.45) is 7.36. The van der Waals surface area contributed by atoms with Crippen molar-refractivity contribution in [1.29, 1.82) is 0 Å². The van der Waals surface area contributed by atoms with Crippen LogP contribution in [0.25, 0.3) is 0 Å². The third-order valence-corrected chi connectivity index (χ3v) is 5.78. The Morgan fingerprint density at radius 1 is 1.11 bits per heavy atom. The Balaban J connectivity index is 1.32. The maximum absolute atomic E-state index is 5.50. The molecule has 2 N–H and O–H groups in total. The molecule has 1 aliphatic heterocycles. The molecule has 1 aromatic heterocycles. The number of nitrogens with zero attached hydrogens (tertiary/aromatic N) is 1. The Labute approximate surface area is 167 Å². The monoisotopic (exact) mass is 381 g/mol. The summed E-state index contributed by atoms with van der Waals surface area (Å²) in [5.74, 6) is 2.49. The van der Waals surface area contributed by atoms with Crippen LogP contribution in [0.2, 0.25) is 0 Å². The van der Waals surface area contributed by atoms with E-state index < -0.39 is 0 Å². The van der Waals surface area contributed by atoms with Crippen LogP contribution in [0, 0.1) is 11.3 Å². The Bertz CT molecular complexity index is 732. The lowest BCUT2D eigenvalue weighted by molar-refractivity contribution is 0.186. The average Bonchev–Trinajstić information content (AvgIpc) is 3.12. The fourth-order valence-corrected chi connectivity index (χ4v) is 3.76. The number of aliphatic imine (C=N–C) groups is 1. The van der Waals surface area contributed by atoms with Crippen LogP contribution < -0.4 is 10.6 Å². The van der Waals surface area contributed by atoms with Crippen LogP contribution >= 0.6 is 0 Å². The Morgan fingerprint density at radius 2 is 2.00 bits per heavy atom. The number of ether oxygens (including phenoxy) is 1. The van der Waals surface area contributed by atoms with E-state index in [0.717, 1.165) is 63.8 Å². The first kappa shape index (κ1) is 19.1. The van der Waals surface area contributed by atoms with Crippen LogP contribution in [0.15, 0.2) is 58.1 Å². The zero-order valence-electron chi connectivity index (χ0n) is 16.5. The summed E-state index contributed by atoms with van der Waals surface area (Å²) in [6, 6.07) is 14.7. The number of guanidine groups is 1. The van der Waals surface area contributed by atoms with Gasteiger partial charge in [-0.25, -0.2) is 0 Å². The van der Waals surface area contributed by atoms with E-state index in [4.69, 9.17) is 14.1 Å². The smallest absolute Gasteiger partial charge is 0.191 e. The largest absolute Gasteiger partial charge is 0.469 e. The molecule has 2 aliphatic rings. The highest BCUT2D eigenvalue weighted by Gasteiger charge is 2.42. The van der Waals surface area contributed by atoms with Crippen molar-refractivity contribution < 1.29 is 9.15 Å². The molecule has 4 rings (SSSR count). The number of nitrogens with one attached hydrogen (secondary N) is 2. The number of hydrogen-bond donors (Lipinski definition) is 2. The number of furan rings is 1. The third kappa shape index (κ3) is 5.61. The van der Waals surface area contributed by atoms with Gasteiger partial charge < -0.3 is 19.8 Å². The van der Waals surface area contributed by atoms with Crippen LogP contribution in [-0.4, -0.2) is 38.8 Å². The molecule has 1 aliphatic carbocycles. The fourth-order valence-electron chi connectivity index (χ4n) is 3.76. The van der Waals surface area contributed by atoms with Crippen molar-refractivity contribution >= 4 is 5.96 Å². The Kier molecular flexibility index (Phi) is 6.32. The first-order valence-corrected chi connectivity index (χ1v) is 10.5. The second kappa shape index (κ2) is 9.28. The fraction of sp³-hybridized carbons (Fsp3) is 0.522. The van der Waals surface area contributed by atoms with Gasteiger partial charge >= 0.3 is 0 Å². The summed E-state index contributed by atoms with van der Waals surface area (Å²) in [4.78, 5) is 4.96. The zero-order chi connectivity index (χ0) is 19.1. The molecule has 2 aromatic rings. The zero-order valence-corrected chi connectivity index (χ0v) is 16.5. The lowest BCUT2D eigenvalue weighted by atomic mass is 9.97. The molecular weight excluding hydrogens is 350 g/mol. The predicted molar refractivity (Wildman–Crippen MR) is 111 cm³/mol. The predicted octanol–water partition coefficient (Wildman–Crippen LogP) is 3.42. The highest BCUT2D eigenvalue weighted by atomic mass is 16.5. The van der Waals surface area contributed by atoms with Crippen molar-refractivity contribution in [2.24, 2.45) is 16.3 Å². The molecule has 1 atom stereocenters. The minimum atomic E-state index is 0.341.